The van der Waals surface area contributed by atoms with E-state index in [-0.39, 0.29) is 6.09 Å². The third-order valence-corrected chi connectivity index (χ3v) is 5.92. The summed E-state index contributed by atoms with van der Waals surface area (Å²) in [6.45, 7) is 3.34. The van der Waals surface area contributed by atoms with E-state index in [1.165, 1.54) is 68.7 Å². The van der Waals surface area contributed by atoms with Gasteiger partial charge in [-0.05, 0) is 56.6 Å². The number of ether oxygens (including phenoxy) is 1. The zero-order chi connectivity index (χ0) is 23.4. The number of fused-ring (bicyclic) bond motifs is 1. The minimum atomic E-state index is -0.308. The number of unbranched alkanes of at least 4 members (excludes halogenated alkanes) is 9. The highest BCUT2D eigenvalue weighted by Crippen LogP contribution is 2.17. The maximum atomic E-state index is 11.8. The van der Waals surface area contributed by atoms with Crippen molar-refractivity contribution in [3.8, 4) is 0 Å². The Hall–Kier alpha value is -2.49. The monoisotopic (exact) mass is 452 g/mol. The van der Waals surface area contributed by atoms with Crippen LogP contribution in [0.2, 0.25) is 0 Å². The number of carbonyl (C=O) groups excluding carboxylic acids is 1. The molecule has 2 N–H and O–H groups in total. The largest absolute Gasteiger partial charge is 0.450 e. The summed E-state index contributed by atoms with van der Waals surface area (Å²) in [5, 5.41) is 4.07. The van der Waals surface area contributed by atoms with E-state index in [9.17, 15) is 4.79 Å². The van der Waals surface area contributed by atoms with E-state index in [0.29, 0.717) is 13.2 Å². The number of hydrogen-bond acceptors (Lipinski definition) is 2. The zero-order valence-corrected chi connectivity index (χ0v) is 20.6. The van der Waals surface area contributed by atoms with Crippen molar-refractivity contribution in [2.24, 2.45) is 0 Å². The number of amides is 1. The Bertz CT molecular complexity index is 822. The molecule has 0 saturated heterocycles. The van der Waals surface area contributed by atoms with Gasteiger partial charge in [0.15, 0.2) is 0 Å². The molecule has 182 valence electrons. The van der Waals surface area contributed by atoms with Crippen molar-refractivity contribution in [1.82, 2.24) is 10.3 Å². The fourth-order valence-corrected chi connectivity index (χ4v) is 3.94. The quantitative estimate of drug-likeness (QED) is 0.177. The van der Waals surface area contributed by atoms with Gasteiger partial charge in [0.05, 0.1) is 6.61 Å². The molecule has 1 heterocycles. The van der Waals surface area contributed by atoms with Gasteiger partial charge in [-0.15, -0.1) is 0 Å². The van der Waals surface area contributed by atoms with Crippen molar-refractivity contribution in [2.75, 3.05) is 13.2 Å². The van der Waals surface area contributed by atoms with Gasteiger partial charge >= 0.3 is 6.09 Å². The van der Waals surface area contributed by atoms with Crippen LogP contribution in [-0.2, 0) is 11.2 Å². The highest BCUT2D eigenvalue weighted by molar-refractivity contribution is 5.83. The summed E-state index contributed by atoms with van der Waals surface area (Å²) in [5.41, 5.74) is 2.35. The molecule has 0 radical (unpaired) electrons. The van der Waals surface area contributed by atoms with Crippen LogP contribution < -0.4 is 5.32 Å². The summed E-state index contributed by atoms with van der Waals surface area (Å²) in [7, 11) is 0. The fraction of sp³-hybridized carbons (Fsp3) is 0.552. The summed E-state index contributed by atoms with van der Waals surface area (Å²) in [6.07, 6.45) is 26.3. The molecule has 0 bridgehead atoms. The highest BCUT2D eigenvalue weighted by Gasteiger charge is 2.05. The van der Waals surface area contributed by atoms with E-state index in [1.54, 1.807) is 0 Å². The Morgan fingerprint density at radius 1 is 0.909 bits per heavy atom. The van der Waals surface area contributed by atoms with Gasteiger partial charge < -0.3 is 15.0 Å². The summed E-state index contributed by atoms with van der Waals surface area (Å²) < 4.78 is 5.30. The maximum Gasteiger partial charge on any atom is 0.407 e. The van der Waals surface area contributed by atoms with Crippen LogP contribution in [0.1, 0.15) is 89.5 Å². The molecule has 0 spiro atoms. The van der Waals surface area contributed by atoms with Gasteiger partial charge in [0.2, 0.25) is 0 Å². The molecule has 0 saturated carbocycles. The molecule has 0 atom stereocenters. The van der Waals surface area contributed by atoms with E-state index < -0.39 is 0 Å². The summed E-state index contributed by atoms with van der Waals surface area (Å²) >= 11 is 0. The number of para-hydroxylation sites is 1. The van der Waals surface area contributed by atoms with Crippen LogP contribution in [-0.4, -0.2) is 24.2 Å². The summed E-state index contributed by atoms with van der Waals surface area (Å²) in [6, 6.07) is 8.22. The summed E-state index contributed by atoms with van der Waals surface area (Å²) in [5.74, 6) is 0. The van der Waals surface area contributed by atoms with E-state index in [0.717, 1.165) is 31.2 Å². The second-order valence-corrected chi connectivity index (χ2v) is 8.76. The zero-order valence-electron chi connectivity index (χ0n) is 20.6. The lowest BCUT2D eigenvalue weighted by Crippen LogP contribution is -2.26. The van der Waals surface area contributed by atoms with Crippen LogP contribution >= 0.6 is 0 Å². The van der Waals surface area contributed by atoms with Gasteiger partial charge in [0, 0.05) is 23.6 Å². The molecule has 1 aromatic heterocycles. The lowest BCUT2D eigenvalue weighted by Gasteiger charge is -2.07. The Morgan fingerprint density at radius 3 is 2.39 bits per heavy atom. The molecular weight excluding hydrogens is 408 g/mol. The van der Waals surface area contributed by atoms with Gasteiger partial charge in [-0.1, -0.05) is 88.0 Å². The third kappa shape index (κ3) is 12.4. The van der Waals surface area contributed by atoms with Crippen LogP contribution in [0.15, 0.2) is 54.8 Å². The van der Waals surface area contributed by atoms with E-state index in [1.807, 2.05) is 18.3 Å². The van der Waals surface area contributed by atoms with E-state index in [4.69, 9.17) is 4.74 Å². The van der Waals surface area contributed by atoms with E-state index >= 15 is 0 Å². The molecule has 0 fully saturated rings. The van der Waals surface area contributed by atoms with Gasteiger partial charge in [-0.3, -0.25) is 0 Å². The lowest BCUT2D eigenvalue weighted by molar-refractivity contribution is 0.144. The number of rotatable bonds is 18. The number of aromatic amines is 1. The minimum absolute atomic E-state index is 0.308. The number of alkyl carbamates (subject to hydrolysis) is 1. The van der Waals surface area contributed by atoms with Gasteiger partial charge in [0.1, 0.15) is 0 Å². The highest BCUT2D eigenvalue weighted by atomic mass is 16.5. The van der Waals surface area contributed by atoms with Crippen molar-refractivity contribution in [3.05, 3.63) is 60.3 Å². The Kier molecular flexibility index (Phi) is 14.6. The van der Waals surface area contributed by atoms with Gasteiger partial charge in [-0.2, -0.15) is 0 Å². The first kappa shape index (κ1) is 26.8. The Balaban J connectivity index is 1.35. The maximum absolute atomic E-state index is 11.8. The van der Waals surface area contributed by atoms with Gasteiger partial charge in [-0.25, -0.2) is 4.79 Å². The molecule has 0 aliphatic carbocycles. The number of benzene rings is 1. The molecule has 0 aliphatic heterocycles. The van der Waals surface area contributed by atoms with Crippen LogP contribution in [0.4, 0.5) is 4.79 Å². The normalized spacial score (nSPS) is 11.7. The molecule has 33 heavy (non-hydrogen) atoms. The van der Waals surface area contributed by atoms with Crippen LogP contribution in [0, 0.1) is 0 Å². The topological polar surface area (TPSA) is 54.1 Å². The molecule has 1 aromatic carbocycles. The van der Waals surface area contributed by atoms with Crippen LogP contribution in [0.5, 0.6) is 0 Å². The van der Waals surface area contributed by atoms with Gasteiger partial charge in [0.25, 0.3) is 0 Å². The Labute approximate surface area is 200 Å². The first-order valence-electron chi connectivity index (χ1n) is 13.1. The average Bonchev–Trinajstić information content (AvgIpc) is 3.24. The number of H-pyrrole nitrogens is 1. The summed E-state index contributed by atoms with van der Waals surface area (Å²) in [4.78, 5) is 15.1. The molecular formula is C29H44N2O2. The predicted octanol–water partition coefficient (Wildman–Crippen LogP) is 8.25. The molecule has 0 unspecified atom stereocenters. The average molecular weight is 453 g/mol. The van der Waals surface area contributed by atoms with E-state index in [2.05, 4.69) is 53.7 Å². The predicted molar refractivity (Wildman–Crippen MR) is 141 cm³/mol. The molecule has 2 rings (SSSR count). The number of hydrogen-bond donors (Lipinski definition) is 2. The molecule has 0 aliphatic rings. The molecule has 2 aromatic rings. The lowest BCUT2D eigenvalue weighted by atomic mass is 10.1. The van der Waals surface area contributed by atoms with Crippen molar-refractivity contribution in [3.63, 3.8) is 0 Å². The first-order valence-corrected chi connectivity index (χ1v) is 13.1. The van der Waals surface area contributed by atoms with Crippen molar-refractivity contribution < 1.29 is 9.53 Å². The van der Waals surface area contributed by atoms with Crippen LogP contribution in [0.3, 0.4) is 0 Å². The molecule has 4 heteroatoms. The molecule has 1 amide bonds. The van der Waals surface area contributed by atoms with Crippen molar-refractivity contribution in [2.45, 2.75) is 90.4 Å². The number of nitrogens with one attached hydrogen (secondary N) is 2. The number of aromatic nitrogens is 1. The first-order chi connectivity index (χ1) is 16.3. The minimum Gasteiger partial charge on any atom is -0.450 e. The van der Waals surface area contributed by atoms with Crippen molar-refractivity contribution in [1.29, 1.82) is 0 Å². The SMILES string of the molecule is CCCCC/C=C\C/C=C\CCCCCCCCOC(=O)NCCc1c[nH]c2ccccc12. The molecule has 4 nitrogen and oxygen atoms in total. The second kappa shape index (κ2) is 18.0. The van der Waals surface area contributed by atoms with Crippen molar-refractivity contribution >= 4 is 17.0 Å². The third-order valence-electron chi connectivity index (χ3n) is 5.92. The fourth-order valence-electron chi connectivity index (χ4n) is 3.94. The standard InChI is InChI=1S/C29H44N2O2/c1-2-3-4-5-6-7-8-9-10-11-12-13-14-15-16-19-24-33-29(32)30-23-22-26-25-31-28-21-18-17-20-27(26)28/h6-7,9-10,17-18,20-21,25,31H,2-5,8,11-16,19,22-24H2,1H3,(H,30,32)/b7-6-,10-9-. The number of carbonyl (C=O) groups is 1. The smallest absolute Gasteiger partial charge is 0.407 e. The number of allylic oxidation sites excluding steroid dienone is 4. The Morgan fingerprint density at radius 2 is 1.61 bits per heavy atom. The second-order valence-electron chi connectivity index (χ2n) is 8.76. The van der Waals surface area contributed by atoms with Crippen LogP contribution in [0.25, 0.3) is 10.9 Å².